The van der Waals surface area contributed by atoms with Crippen molar-refractivity contribution < 1.29 is 4.74 Å². The molecule has 0 aliphatic carbocycles. The number of hydrogen-bond acceptors (Lipinski definition) is 6. The minimum atomic E-state index is 0.00843. The molecule has 0 atom stereocenters. The van der Waals surface area contributed by atoms with E-state index in [2.05, 4.69) is 25.6 Å². The smallest absolute Gasteiger partial charge is 0.323 e. The van der Waals surface area contributed by atoms with E-state index >= 15 is 0 Å². The van der Waals surface area contributed by atoms with E-state index < -0.39 is 0 Å². The third-order valence-corrected chi connectivity index (χ3v) is 2.60. The fourth-order valence-electron chi connectivity index (χ4n) is 1.68. The van der Waals surface area contributed by atoms with Crippen LogP contribution in [0.15, 0.2) is 24.3 Å². The molecular formula is C15H21N5O. The number of nitrogens with zero attached hydrogens (tertiary/aromatic N) is 3. The predicted molar refractivity (Wildman–Crippen MR) is 84.2 cm³/mol. The first-order valence-corrected chi connectivity index (χ1v) is 7.07. The van der Waals surface area contributed by atoms with E-state index in [-0.39, 0.29) is 6.10 Å². The largest absolute Gasteiger partial charge is 0.461 e. The Morgan fingerprint density at radius 1 is 1.05 bits per heavy atom. The molecule has 21 heavy (non-hydrogen) atoms. The maximum absolute atomic E-state index is 5.56. The van der Waals surface area contributed by atoms with Gasteiger partial charge in [0.1, 0.15) is 0 Å². The number of aryl methyl sites for hydroxylation is 1. The molecule has 0 bridgehead atoms. The molecule has 6 nitrogen and oxygen atoms in total. The minimum absolute atomic E-state index is 0.00843. The van der Waals surface area contributed by atoms with Crippen molar-refractivity contribution in [3.63, 3.8) is 0 Å². The zero-order valence-electron chi connectivity index (χ0n) is 12.8. The second kappa shape index (κ2) is 6.88. The zero-order chi connectivity index (χ0) is 15.2. The molecule has 6 heteroatoms. The van der Waals surface area contributed by atoms with Gasteiger partial charge in [-0.3, -0.25) is 0 Å². The van der Waals surface area contributed by atoms with Crippen molar-refractivity contribution in [2.24, 2.45) is 0 Å². The van der Waals surface area contributed by atoms with Crippen LogP contribution in [-0.4, -0.2) is 27.6 Å². The van der Waals surface area contributed by atoms with Crippen molar-refractivity contribution in [2.75, 3.05) is 17.2 Å². The van der Waals surface area contributed by atoms with E-state index in [4.69, 9.17) is 4.74 Å². The highest BCUT2D eigenvalue weighted by Gasteiger charge is 2.09. The van der Waals surface area contributed by atoms with Crippen molar-refractivity contribution in [3.8, 4) is 6.01 Å². The van der Waals surface area contributed by atoms with Crippen LogP contribution in [0, 0.1) is 6.92 Å². The third kappa shape index (κ3) is 4.59. The molecule has 0 fully saturated rings. The first-order chi connectivity index (χ1) is 10.1. The van der Waals surface area contributed by atoms with Crippen molar-refractivity contribution in [1.29, 1.82) is 0 Å². The van der Waals surface area contributed by atoms with Crippen LogP contribution in [0.5, 0.6) is 6.01 Å². The number of aromatic nitrogens is 3. The molecule has 0 saturated heterocycles. The molecule has 0 spiro atoms. The Morgan fingerprint density at radius 3 is 2.33 bits per heavy atom. The number of hydrogen-bond donors (Lipinski definition) is 2. The van der Waals surface area contributed by atoms with Gasteiger partial charge in [0.05, 0.1) is 6.10 Å². The summed E-state index contributed by atoms with van der Waals surface area (Å²) < 4.78 is 5.56. The summed E-state index contributed by atoms with van der Waals surface area (Å²) in [5, 5.41) is 6.24. The topological polar surface area (TPSA) is 72.0 Å². The molecule has 1 heterocycles. The SMILES string of the molecule is CCNc1nc(Nc2ccc(C)cc2)nc(OC(C)C)n1. The molecule has 0 amide bonds. The second-order valence-corrected chi connectivity index (χ2v) is 4.95. The van der Waals surface area contributed by atoms with Gasteiger partial charge < -0.3 is 15.4 Å². The van der Waals surface area contributed by atoms with E-state index in [1.165, 1.54) is 5.56 Å². The highest BCUT2D eigenvalue weighted by atomic mass is 16.5. The molecule has 2 rings (SSSR count). The standard InChI is InChI=1S/C15H21N5O/c1-5-16-13-18-14(20-15(19-13)21-10(2)3)17-12-8-6-11(4)7-9-12/h6-10H,5H2,1-4H3,(H2,16,17,18,19,20). The Labute approximate surface area is 125 Å². The average molecular weight is 287 g/mol. The molecule has 2 aromatic rings. The average Bonchev–Trinajstić information content (AvgIpc) is 2.41. The summed E-state index contributed by atoms with van der Waals surface area (Å²) in [6, 6.07) is 8.33. The van der Waals surface area contributed by atoms with Crippen LogP contribution in [0.3, 0.4) is 0 Å². The molecule has 0 aliphatic rings. The highest BCUT2D eigenvalue weighted by molar-refractivity contribution is 5.54. The molecule has 0 radical (unpaired) electrons. The van der Waals surface area contributed by atoms with Gasteiger partial charge in [0.15, 0.2) is 0 Å². The fraction of sp³-hybridized carbons (Fsp3) is 0.400. The van der Waals surface area contributed by atoms with Gasteiger partial charge in [-0.2, -0.15) is 15.0 Å². The predicted octanol–water partition coefficient (Wildman–Crippen LogP) is 3.14. The van der Waals surface area contributed by atoms with Crippen LogP contribution in [0.4, 0.5) is 17.6 Å². The first kappa shape index (κ1) is 15.0. The number of ether oxygens (including phenoxy) is 1. The van der Waals surface area contributed by atoms with E-state index in [1.807, 2.05) is 52.0 Å². The maximum atomic E-state index is 5.56. The number of rotatable bonds is 6. The van der Waals surface area contributed by atoms with Crippen LogP contribution < -0.4 is 15.4 Å². The zero-order valence-corrected chi connectivity index (χ0v) is 12.8. The molecule has 1 aromatic heterocycles. The summed E-state index contributed by atoms with van der Waals surface area (Å²) >= 11 is 0. The summed E-state index contributed by atoms with van der Waals surface area (Å²) in [6.07, 6.45) is 0.00843. The molecule has 2 N–H and O–H groups in total. The van der Waals surface area contributed by atoms with Crippen molar-refractivity contribution in [3.05, 3.63) is 29.8 Å². The number of nitrogens with one attached hydrogen (secondary N) is 2. The van der Waals surface area contributed by atoms with Gasteiger partial charge in [0, 0.05) is 12.2 Å². The van der Waals surface area contributed by atoms with E-state index in [1.54, 1.807) is 0 Å². The van der Waals surface area contributed by atoms with Crippen molar-refractivity contribution in [1.82, 2.24) is 15.0 Å². The van der Waals surface area contributed by atoms with Crippen molar-refractivity contribution in [2.45, 2.75) is 33.8 Å². The van der Waals surface area contributed by atoms with Crippen LogP contribution in [-0.2, 0) is 0 Å². The summed E-state index contributed by atoms with van der Waals surface area (Å²) in [7, 11) is 0. The highest BCUT2D eigenvalue weighted by Crippen LogP contribution is 2.17. The van der Waals surface area contributed by atoms with Gasteiger partial charge in [0.2, 0.25) is 11.9 Å². The maximum Gasteiger partial charge on any atom is 0.323 e. The van der Waals surface area contributed by atoms with Gasteiger partial charge in [-0.15, -0.1) is 0 Å². The monoisotopic (exact) mass is 287 g/mol. The van der Waals surface area contributed by atoms with E-state index in [9.17, 15) is 0 Å². The summed E-state index contributed by atoms with van der Waals surface area (Å²) in [5.41, 5.74) is 2.12. The molecule has 112 valence electrons. The fourth-order valence-corrected chi connectivity index (χ4v) is 1.68. The van der Waals surface area contributed by atoms with E-state index in [0.29, 0.717) is 17.9 Å². The Morgan fingerprint density at radius 2 is 1.71 bits per heavy atom. The molecular weight excluding hydrogens is 266 g/mol. The summed E-state index contributed by atoms with van der Waals surface area (Å²) in [4.78, 5) is 12.8. The Bertz CT molecular complexity index is 583. The second-order valence-electron chi connectivity index (χ2n) is 4.95. The first-order valence-electron chi connectivity index (χ1n) is 7.07. The lowest BCUT2D eigenvalue weighted by Crippen LogP contribution is -2.12. The molecule has 0 unspecified atom stereocenters. The third-order valence-electron chi connectivity index (χ3n) is 2.60. The van der Waals surface area contributed by atoms with Crippen LogP contribution >= 0.6 is 0 Å². The van der Waals surface area contributed by atoms with Crippen LogP contribution in [0.1, 0.15) is 26.3 Å². The lowest BCUT2D eigenvalue weighted by Gasteiger charge is -2.11. The van der Waals surface area contributed by atoms with Gasteiger partial charge >= 0.3 is 6.01 Å². The van der Waals surface area contributed by atoms with E-state index in [0.717, 1.165) is 12.2 Å². The van der Waals surface area contributed by atoms with Gasteiger partial charge in [0.25, 0.3) is 0 Å². The Balaban J connectivity index is 2.24. The van der Waals surface area contributed by atoms with Gasteiger partial charge in [-0.25, -0.2) is 0 Å². The van der Waals surface area contributed by atoms with Crippen molar-refractivity contribution >= 4 is 17.6 Å². The number of anilines is 3. The number of benzene rings is 1. The lowest BCUT2D eigenvalue weighted by molar-refractivity contribution is 0.222. The minimum Gasteiger partial charge on any atom is -0.461 e. The Hall–Kier alpha value is -2.37. The molecule has 1 aromatic carbocycles. The summed E-state index contributed by atoms with van der Waals surface area (Å²) in [6.45, 7) is 8.63. The molecule has 0 saturated carbocycles. The van der Waals surface area contributed by atoms with Crippen LogP contribution in [0.2, 0.25) is 0 Å². The van der Waals surface area contributed by atoms with Gasteiger partial charge in [-0.05, 0) is 39.8 Å². The quantitative estimate of drug-likeness (QED) is 0.850. The summed E-state index contributed by atoms with van der Waals surface area (Å²) in [5.74, 6) is 0.957. The van der Waals surface area contributed by atoms with Crippen LogP contribution in [0.25, 0.3) is 0 Å². The molecule has 0 aliphatic heterocycles. The normalized spacial score (nSPS) is 10.5. The lowest BCUT2D eigenvalue weighted by atomic mass is 10.2. The Kier molecular flexibility index (Phi) is 4.92. The van der Waals surface area contributed by atoms with Gasteiger partial charge in [-0.1, -0.05) is 17.7 Å².